The number of fused-ring (bicyclic) bond motifs is 1. The van der Waals surface area contributed by atoms with Crippen LogP contribution in [0.25, 0.3) is 10.9 Å². The summed E-state index contributed by atoms with van der Waals surface area (Å²) in [4.78, 5) is 15.4. The average Bonchev–Trinajstić information content (AvgIpc) is 3.23. The number of nitrogens with one attached hydrogen (secondary N) is 2. The van der Waals surface area contributed by atoms with Crippen molar-refractivity contribution in [2.45, 2.75) is 6.42 Å². The van der Waals surface area contributed by atoms with Gasteiger partial charge in [0.1, 0.15) is 23.0 Å². The van der Waals surface area contributed by atoms with Gasteiger partial charge in [-0.1, -0.05) is 0 Å². The number of H-pyrrole nitrogens is 1. The minimum absolute atomic E-state index is 0.183. The molecule has 1 amide bonds. The third kappa shape index (κ3) is 3.01. The number of furan rings is 1. The highest BCUT2D eigenvalue weighted by molar-refractivity contribution is 6.01. The molecule has 0 bridgehead atoms. The molecule has 23 heavy (non-hydrogen) atoms. The van der Waals surface area contributed by atoms with Crippen LogP contribution < -0.4 is 14.8 Å². The van der Waals surface area contributed by atoms with E-state index < -0.39 is 0 Å². The van der Waals surface area contributed by atoms with Crippen LogP contribution >= 0.6 is 0 Å². The molecule has 0 saturated carbocycles. The predicted octanol–water partition coefficient (Wildman–Crippen LogP) is 2.75. The highest BCUT2D eigenvalue weighted by Gasteiger charge is 2.15. The molecule has 6 heteroatoms. The third-order valence-electron chi connectivity index (χ3n) is 3.64. The molecular weight excluding hydrogens is 296 g/mol. The van der Waals surface area contributed by atoms with Crippen molar-refractivity contribution in [3.63, 3.8) is 0 Å². The van der Waals surface area contributed by atoms with Crippen molar-refractivity contribution in [2.24, 2.45) is 0 Å². The number of aromatic nitrogens is 1. The number of ether oxygens (including phenoxy) is 2. The van der Waals surface area contributed by atoms with Crippen molar-refractivity contribution in [1.82, 2.24) is 10.3 Å². The highest BCUT2D eigenvalue weighted by Crippen LogP contribution is 2.33. The molecule has 0 unspecified atom stereocenters. The van der Waals surface area contributed by atoms with Gasteiger partial charge in [0, 0.05) is 18.4 Å². The number of benzene rings is 1. The molecule has 3 aromatic rings. The van der Waals surface area contributed by atoms with Crippen LogP contribution in [0.1, 0.15) is 16.2 Å². The maximum atomic E-state index is 12.3. The van der Waals surface area contributed by atoms with Crippen LogP contribution in [-0.2, 0) is 6.42 Å². The molecule has 0 spiro atoms. The van der Waals surface area contributed by atoms with Gasteiger partial charge < -0.3 is 24.2 Å². The van der Waals surface area contributed by atoms with Gasteiger partial charge in [-0.25, -0.2) is 0 Å². The van der Waals surface area contributed by atoms with Crippen molar-refractivity contribution in [2.75, 3.05) is 20.8 Å². The highest BCUT2D eigenvalue weighted by atomic mass is 16.5. The number of aromatic amines is 1. The Morgan fingerprint density at radius 3 is 2.70 bits per heavy atom. The monoisotopic (exact) mass is 314 g/mol. The van der Waals surface area contributed by atoms with E-state index in [0.29, 0.717) is 30.2 Å². The van der Waals surface area contributed by atoms with E-state index >= 15 is 0 Å². The lowest BCUT2D eigenvalue weighted by Crippen LogP contribution is -2.25. The summed E-state index contributed by atoms with van der Waals surface area (Å²) >= 11 is 0. The molecule has 0 aliphatic heterocycles. The van der Waals surface area contributed by atoms with Crippen LogP contribution in [0, 0.1) is 0 Å². The number of hydrogen-bond donors (Lipinski definition) is 2. The molecule has 3 rings (SSSR count). The fourth-order valence-electron chi connectivity index (χ4n) is 2.49. The zero-order valence-corrected chi connectivity index (χ0v) is 13.0. The zero-order chi connectivity index (χ0) is 16.2. The Hall–Kier alpha value is -2.89. The molecule has 0 saturated heterocycles. The summed E-state index contributed by atoms with van der Waals surface area (Å²) in [5, 5.41) is 3.67. The Labute approximate surface area is 133 Å². The van der Waals surface area contributed by atoms with Crippen molar-refractivity contribution >= 4 is 16.8 Å². The molecule has 0 atom stereocenters. The number of methoxy groups -OCH3 is 2. The van der Waals surface area contributed by atoms with E-state index in [4.69, 9.17) is 13.9 Å². The summed E-state index contributed by atoms with van der Waals surface area (Å²) in [6, 6.07) is 9.08. The van der Waals surface area contributed by atoms with Gasteiger partial charge in [0.2, 0.25) is 0 Å². The van der Waals surface area contributed by atoms with Gasteiger partial charge in [-0.15, -0.1) is 0 Å². The zero-order valence-electron chi connectivity index (χ0n) is 13.0. The maximum absolute atomic E-state index is 12.3. The van der Waals surface area contributed by atoms with Crippen molar-refractivity contribution < 1.29 is 18.7 Å². The van der Waals surface area contributed by atoms with Crippen LogP contribution in [0.4, 0.5) is 0 Å². The molecule has 0 aliphatic carbocycles. The van der Waals surface area contributed by atoms with E-state index in [2.05, 4.69) is 10.3 Å². The summed E-state index contributed by atoms with van der Waals surface area (Å²) in [6.07, 6.45) is 2.26. The first kappa shape index (κ1) is 15.0. The Bertz CT molecular complexity index is 764. The molecule has 2 aromatic heterocycles. The third-order valence-corrected chi connectivity index (χ3v) is 3.64. The van der Waals surface area contributed by atoms with E-state index in [1.165, 1.54) is 0 Å². The molecular formula is C17H18N2O4. The first-order valence-corrected chi connectivity index (χ1v) is 7.27. The van der Waals surface area contributed by atoms with Crippen molar-refractivity contribution in [1.29, 1.82) is 0 Å². The predicted molar refractivity (Wildman–Crippen MR) is 86.1 cm³/mol. The van der Waals surface area contributed by atoms with Gasteiger partial charge >= 0.3 is 0 Å². The number of rotatable bonds is 6. The quantitative estimate of drug-likeness (QED) is 0.733. The Morgan fingerprint density at radius 1 is 1.22 bits per heavy atom. The molecule has 1 aromatic carbocycles. The molecule has 2 N–H and O–H groups in total. The summed E-state index contributed by atoms with van der Waals surface area (Å²) < 4.78 is 15.9. The van der Waals surface area contributed by atoms with Crippen LogP contribution in [0.5, 0.6) is 11.5 Å². The van der Waals surface area contributed by atoms with Gasteiger partial charge in [0.25, 0.3) is 5.91 Å². The second kappa shape index (κ2) is 6.48. The maximum Gasteiger partial charge on any atom is 0.267 e. The summed E-state index contributed by atoms with van der Waals surface area (Å²) in [6.45, 7) is 0.496. The smallest absolute Gasteiger partial charge is 0.267 e. The second-order valence-electron chi connectivity index (χ2n) is 5.03. The fraction of sp³-hybridized carbons (Fsp3) is 0.235. The molecule has 120 valence electrons. The van der Waals surface area contributed by atoms with Crippen molar-refractivity contribution in [3.8, 4) is 11.5 Å². The van der Waals surface area contributed by atoms with E-state index in [9.17, 15) is 4.79 Å². The lowest BCUT2D eigenvalue weighted by atomic mass is 10.2. The van der Waals surface area contributed by atoms with Crippen LogP contribution in [0.15, 0.2) is 41.0 Å². The normalized spacial score (nSPS) is 10.7. The van der Waals surface area contributed by atoms with Gasteiger partial charge in [-0.3, -0.25) is 4.79 Å². The number of amides is 1. The van der Waals surface area contributed by atoms with E-state index in [1.807, 2.05) is 18.2 Å². The Morgan fingerprint density at radius 2 is 2.00 bits per heavy atom. The minimum atomic E-state index is -0.183. The summed E-state index contributed by atoms with van der Waals surface area (Å²) in [7, 11) is 3.18. The first-order valence-electron chi connectivity index (χ1n) is 7.27. The Balaban J connectivity index is 1.77. The summed E-state index contributed by atoms with van der Waals surface area (Å²) in [5.41, 5.74) is 1.20. The first-order chi connectivity index (χ1) is 11.2. The average molecular weight is 314 g/mol. The van der Waals surface area contributed by atoms with Crippen molar-refractivity contribution in [3.05, 3.63) is 48.0 Å². The van der Waals surface area contributed by atoms with E-state index in [1.54, 1.807) is 32.6 Å². The van der Waals surface area contributed by atoms with Crippen LogP contribution in [0.2, 0.25) is 0 Å². The van der Waals surface area contributed by atoms with E-state index in [0.717, 1.165) is 16.7 Å². The molecule has 0 fully saturated rings. The van der Waals surface area contributed by atoms with Gasteiger partial charge in [0.15, 0.2) is 0 Å². The fourth-order valence-corrected chi connectivity index (χ4v) is 2.49. The standard InChI is InChI=1S/C17H18N2O4/c1-21-14-5-6-15(22-2)16-12(14)10-13(19-16)17(20)18-8-7-11-4-3-9-23-11/h3-6,9-10,19H,7-8H2,1-2H3,(H,18,20). The topological polar surface area (TPSA) is 76.5 Å². The largest absolute Gasteiger partial charge is 0.496 e. The molecule has 2 heterocycles. The number of hydrogen-bond acceptors (Lipinski definition) is 4. The number of carbonyl (C=O) groups excluding carboxylic acids is 1. The van der Waals surface area contributed by atoms with Crippen LogP contribution in [0.3, 0.4) is 0 Å². The Kier molecular flexibility index (Phi) is 4.23. The molecule has 6 nitrogen and oxygen atoms in total. The number of carbonyl (C=O) groups is 1. The second-order valence-corrected chi connectivity index (χ2v) is 5.03. The van der Waals surface area contributed by atoms with Gasteiger partial charge in [0.05, 0.1) is 26.0 Å². The van der Waals surface area contributed by atoms with Crippen LogP contribution in [-0.4, -0.2) is 31.7 Å². The lowest BCUT2D eigenvalue weighted by molar-refractivity contribution is 0.0949. The summed E-state index contributed by atoms with van der Waals surface area (Å²) in [5.74, 6) is 2.00. The van der Waals surface area contributed by atoms with E-state index in [-0.39, 0.29) is 5.91 Å². The molecule has 0 radical (unpaired) electrons. The van der Waals surface area contributed by atoms with Gasteiger partial charge in [-0.2, -0.15) is 0 Å². The SMILES string of the molecule is COc1ccc(OC)c2[nH]c(C(=O)NCCc3ccco3)cc12. The lowest BCUT2D eigenvalue weighted by Gasteiger charge is -2.05. The minimum Gasteiger partial charge on any atom is -0.496 e. The van der Waals surface area contributed by atoms with Gasteiger partial charge in [-0.05, 0) is 30.3 Å². The molecule has 0 aliphatic rings.